The van der Waals surface area contributed by atoms with Crippen LogP contribution in [0.3, 0.4) is 0 Å². The summed E-state index contributed by atoms with van der Waals surface area (Å²) in [6.07, 6.45) is 3.33. The van der Waals surface area contributed by atoms with Gasteiger partial charge in [0.1, 0.15) is 11.5 Å². The summed E-state index contributed by atoms with van der Waals surface area (Å²) in [7, 11) is -2.38. The van der Waals surface area contributed by atoms with Gasteiger partial charge in [-0.1, -0.05) is 39.2 Å². The monoisotopic (exact) mass is 474 g/mol. The summed E-state index contributed by atoms with van der Waals surface area (Å²) in [6.45, 7) is 6.63. The summed E-state index contributed by atoms with van der Waals surface area (Å²) < 4.78 is 39.5. The van der Waals surface area contributed by atoms with E-state index in [1.165, 1.54) is 23.5 Å². The summed E-state index contributed by atoms with van der Waals surface area (Å²) in [5, 5.41) is 2.98. The van der Waals surface area contributed by atoms with E-state index in [0.717, 1.165) is 31.2 Å². The van der Waals surface area contributed by atoms with Gasteiger partial charge in [-0.15, -0.1) is 0 Å². The molecule has 1 heterocycles. The number of ether oxygens (including phenoxy) is 2. The molecule has 2 aromatic rings. The molecule has 0 radical (unpaired) electrons. The van der Waals surface area contributed by atoms with Crippen LogP contribution in [0.4, 0.5) is 5.69 Å². The van der Waals surface area contributed by atoms with Gasteiger partial charge in [-0.25, -0.2) is 8.42 Å². The molecule has 33 heavy (non-hydrogen) atoms. The normalized spacial score (nSPS) is 16.5. The van der Waals surface area contributed by atoms with Crippen LogP contribution in [0.25, 0.3) is 0 Å². The zero-order chi connectivity index (χ0) is 24.0. The molecule has 1 aliphatic rings. The average Bonchev–Trinajstić information content (AvgIpc) is 2.83. The minimum absolute atomic E-state index is 0.0952. The first-order valence-electron chi connectivity index (χ1n) is 11.5. The molecule has 7 nitrogen and oxygen atoms in total. The number of anilines is 1. The maximum Gasteiger partial charge on any atom is 0.264 e. The summed E-state index contributed by atoms with van der Waals surface area (Å²) >= 11 is 0. The number of nitrogens with zero attached hydrogens (tertiary/aromatic N) is 1. The van der Waals surface area contributed by atoms with Crippen LogP contribution in [0.1, 0.15) is 45.1 Å². The molecule has 1 aliphatic heterocycles. The number of nitrogens with one attached hydrogen (secondary N) is 1. The van der Waals surface area contributed by atoms with Crippen LogP contribution in [0.5, 0.6) is 11.5 Å². The minimum atomic E-state index is -3.91. The number of unbranched alkanes of at least 4 members (excludes halogenated alkanes) is 1. The molecule has 2 aromatic carbocycles. The van der Waals surface area contributed by atoms with E-state index in [0.29, 0.717) is 29.6 Å². The van der Waals surface area contributed by atoms with Gasteiger partial charge >= 0.3 is 0 Å². The lowest BCUT2D eigenvalue weighted by atomic mass is 9.99. The molecule has 2 atom stereocenters. The van der Waals surface area contributed by atoms with E-state index in [1.807, 2.05) is 13.0 Å². The first kappa shape index (κ1) is 24.9. The third-order valence-electron chi connectivity index (χ3n) is 6.03. The van der Waals surface area contributed by atoms with Crippen molar-refractivity contribution < 1.29 is 22.7 Å². The second-order valence-electron chi connectivity index (χ2n) is 8.45. The largest absolute Gasteiger partial charge is 0.497 e. The molecule has 0 aromatic heterocycles. The lowest BCUT2D eigenvalue weighted by Gasteiger charge is -2.35. The summed E-state index contributed by atoms with van der Waals surface area (Å²) in [5.41, 5.74) is 1.34. The number of sulfonamides is 1. The van der Waals surface area contributed by atoms with Gasteiger partial charge in [0.2, 0.25) is 0 Å². The van der Waals surface area contributed by atoms with Crippen molar-refractivity contribution in [3.05, 3.63) is 48.0 Å². The van der Waals surface area contributed by atoms with Gasteiger partial charge in [0, 0.05) is 6.54 Å². The molecule has 0 aliphatic carbocycles. The van der Waals surface area contributed by atoms with Crippen molar-refractivity contribution >= 4 is 21.6 Å². The van der Waals surface area contributed by atoms with E-state index in [2.05, 4.69) is 19.2 Å². The van der Waals surface area contributed by atoms with Crippen LogP contribution in [0.15, 0.2) is 47.4 Å². The van der Waals surface area contributed by atoms with Crippen LogP contribution in [0, 0.1) is 12.8 Å². The molecule has 8 heteroatoms. The Kier molecular flexibility index (Phi) is 8.24. The van der Waals surface area contributed by atoms with E-state index >= 15 is 0 Å². The number of rotatable bonds is 10. The highest BCUT2D eigenvalue weighted by Gasteiger charge is 2.37. The maximum atomic E-state index is 13.5. The van der Waals surface area contributed by atoms with Crippen LogP contribution in [-0.2, 0) is 14.8 Å². The number of fused-ring (bicyclic) bond motifs is 1. The van der Waals surface area contributed by atoms with E-state index < -0.39 is 16.1 Å². The molecule has 1 N–H and O–H groups in total. The lowest BCUT2D eigenvalue weighted by Crippen LogP contribution is -2.51. The van der Waals surface area contributed by atoms with E-state index in [9.17, 15) is 13.2 Å². The Morgan fingerprint density at radius 2 is 1.94 bits per heavy atom. The summed E-state index contributed by atoms with van der Waals surface area (Å²) in [4.78, 5) is 13.1. The predicted molar refractivity (Wildman–Crippen MR) is 129 cm³/mol. The van der Waals surface area contributed by atoms with Crippen molar-refractivity contribution in [3.63, 3.8) is 0 Å². The average molecular weight is 475 g/mol. The molecule has 0 bridgehead atoms. The van der Waals surface area contributed by atoms with Crippen LogP contribution < -0.4 is 19.1 Å². The molecule has 0 saturated heterocycles. The van der Waals surface area contributed by atoms with Crippen molar-refractivity contribution in [3.8, 4) is 11.5 Å². The molecular weight excluding hydrogens is 440 g/mol. The predicted octanol–water partition coefficient (Wildman–Crippen LogP) is 4.29. The van der Waals surface area contributed by atoms with Crippen LogP contribution in [0.2, 0.25) is 0 Å². The molecule has 180 valence electrons. The van der Waals surface area contributed by atoms with Gasteiger partial charge in [-0.05, 0) is 61.2 Å². The zero-order valence-electron chi connectivity index (χ0n) is 19.8. The SMILES string of the molecule is CCCC[C@@H](CC)CNC(=O)[C@@H]1CN(S(=O)(=O)c2ccc(OC)cc2)c2ccc(C)cc2O1. The van der Waals surface area contributed by atoms with Crippen molar-refractivity contribution in [1.29, 1.82) is 0 Å². The van der Waals surface area contributed by atoms with Gasteiger partial charge in [0.15, 0.2) is 6.10 Å². The standard InChI is InChI=1S/C25H34N2O5S/c1-5-7-8-19(6-2)16-26-25(28)24-17-27(22-14-9-18(3)15-23(22)32-24)33(29,30)21-12-10-20(31-4)11-13-21/h9-15,19,24H,5-8,16-17H2,1-4H3,(H,26,28)/t19-,24+/m1/s1. The highest BCUT2D eigenvalue weighted by atomic mass is 32.2. The van der Waals surface area contributed by atoms with E-state index in [1.54, 1.807) is 24.3 Å². The smallest absolute Gasteiger partial charge is 0.264 e. The minimum Gasteiger partial charge on any atom is -0.497 e. The van der Waals surface area contributed by atoms with Gasteiger partial charge in [-0.2, -0.15) is 0 Å². The molecule has 1 amide bonds. The molecule has 0 fully saturated rings. The van der Waals surface area contributed by atoms with Crippen LogP contribution in [-0.4, -0.2) is 40.6 Å². The van der Waals surface area contributed by atoms with Gasteiger partial charge in [-0.3, -0.25) is 9.10 Å². The fourth-order valence-corrected chi connectivity index (χ4v) is 5.38. The fourth-order valence-electron chi connectivity index (χ4n) is 3.90. The topological polar surface area (TPSA) is 84.9 Å². The Bertz CT molecular complexity index is 1050. The number of aryl methyl sites for hydroxylation is 1. The van der Waals surface area contributed by atoms with Crippen molar-refractivity contribution in [2.24, 2.45) is 5.92 Å². The first-order valence-corrected chi connectivity index (χ1v) is 13.0. The maximum absolute atomic E-state index is 13.5. The van der Waals surface area contributed by atoms with Gasteiger partial charge in [0.25, 0.3) is 15.9 Å². The van der Waals surface area contributed by atoms with E-state index in [-0.39, 0.29) is 17.3 Å². The highest BCUT2D eigenvalue weighted by Crippen LogP contribution is 2.38. The Labute approximate surface area is 197 Å². The van der Waals surface area contributed by atoms with Crippen molar-refractivity contribution in [2.45, 2.75) is 57.5 Å². The summed E-state index contributed by atoms with van der Waals surface area (Å²) in [5.74, 6) is 1.05. The highest BCUT2D eigenvalue weighted by molar-refractivity contribution is 7.92. The molecule has 0 saturated carbocycles. The number of carbonyl (C=O) groups excluding carboxylic acids is 1. The molecular formula is C25H34N2O5S. The number of amides is 1. The van der Waals surface area contributed by atoms with Crippen LogP contribution >= 0.6 is 0 Å². The third-order valence-corrected chi connectivity index (χ3v) is 7.83. The number of carbonyl (C=O) groups is 1. The second kappa shape index (κ2) is 10.9. The Balaban J connectivity index is 1.85. The van der Waals surface area contributed by atoms with Gasteiger partial charge < -0.3 is 14.8 Å². The lowest BCUT2D eigenvalue weighted by molar-refractivity contribution is -0.127. The third kappa shape index (κ3) is 5.79. The molecule has 0 spiro atoms. The summed E-state index contributed by atoms with van der Waals surface area (Å²) in [6, 6.07) is 11.5. The van der Waals surface area contributed by atoms with Crippen molar-refractivity contribution in [1.82, 2.24) is 5.32 Å². The quantitative estimate of drug-likeness (QED) is 0.555. The molecule has 0 unspecified atom stereocenters. The van der Waals surface area contributed by atoms with Gasteiger partial charge in [0.05, 0.1) is 24.2 Å². The number of benzene rings is 2. The zero-order valence-corrected chi connectivity index (χ0v) is 20.7. The fraction of sp³-hybridized carbons (Fsp3) is 0.480. The second-order valence-corrected chi connectivity index (χ2v) is 10.3. The Morgan fingerprint density at radius 1 is 1.21 bits per heavy atom. The molecule has 3 rings (SSSR count). The van der Waals surface area contributed by atoms with E-state index in [4.69, 9.17) is 9.47 Å². The first-order chi connectivity index (χ1) is 15.8. The Morgan fingerprint density at radius 3 is 2.58 bits per heavy atom. The number of methoxy groups -OCH3 is 1. The van der Waals surface area contributed by atoms with Crippen molar-refractivity contribution in [2.75, 3.05) is 24.5 Å². The number of hydrogen-bond donors (Lipinski definition) is 1. The number of hydrogen-bond acceptors (Lipinski definition) is 5. The Hall–Kier alpha value is -2.74.